The molecule has 3 heteroatoms. The van der Waals surface area contributed by atoms with Crippen LogP contribution in [-0.2, 0) is 6.42 Å². The van der Waals surface area contributed by atoms with Crippen molar-refractivity contribution in [3.63, 3.8) is 0 Å². The summed E-state index contributed by atoms with van der Waals surface area (Å²) in [5, 5.41) is 3.45. The topological polar surface area (TPSA) is 28.2 Å². The summed E-state index contributed by atoms with van der Waals surface area (Å²) in [6.07, 6.45) is 3.61. The molecular weight excluding hydrogens is 210 g/mol. The largest absolute Gasteiger partial charge is 0.317 e. The van der Waals surface area contributed by atoms with Gasteiger partial charge >= 0.3 is 0 Å². The van der Waals surface area contributed by atoms with E-state index in [2.05, 4.69) is 40.3 Å². The normalized spacial score (nSPS) is 18.6. The molecule has 0 aliphatic carbocycles. The molecule has 1 aromatic heterocycles. The van der Waals surface area contributed by atoms with E-state index in [1.165, 1.54) is 44.7 Å². The van der Waals surface area contributed by atoms with Crippen molar-refractivity contribution in [3.8, 4) is 0 Å². The monoisotopic (exact) mass is 233 g/mol. The fraction of sp³-hybridized carbons (Fsp3) is 0.643. The Morgan fingerprint density at radius 3 is 2.71 bits per heavy atom. The summed E-state index contributed by atoms with van der Waals surface area (Å²) in [5.74, 6) is 0. The summed E-state index contributed by atoms with van der Waals surface area (Å²) in [7, 11) is 0. The van der Waals surface area contributed by atoms with Crippen molar-refractivity contribution in [3.05, 3.63) is 29.6 Å². The first-order valence-electron chi connectivity index (χ1n) is 6.70. The molecule has 0 atom stereocenters. The van der Waals surface area contributed by atoms with E-state index in [4.69, 9.17) is 0 Å². The number of aromatic nitrogens is 1. The zero-order chi connectivity index (χ0) is 11.9. The molecule has 1 aliphatic heterocycles. The quantitative estimate of drug-likeness (QED) is 0.860. The zero-order valence-electron chi connectivity index (χ0n) is 10.8. The summed E-state index contributed by atoms with van der Waals surface area (Å²) in [6.45, 7) is 7.98. The predicted octanol–water partition coefficient (Wildman–Crippen LogP) is 1.62. The molecule has 2 rings (SSSR count). The van der Waals surface area contributed by atoms with Gasteiger partial charge in [-0.15, -0.1) is 0 Å². The van der Waals surface area contributed by atoms with Gasteiger partial charge in [0.15, 0.2) is 0 Å². The average Bonchev–Trinajstić information content (AvgIpc) is 2.27. The van der Waals surface area contributed by atoms with Crippen molar-refractivity contribution in [2.24, 2.45) is 0 Å². The fourth-order valence-corrected chi connectivity index (χ4v) is 2.33. The van der Waals surface area contributed by atoms with Gasteiger partial charge in [0.2, 0.25) is 0 Å². The molecule has 1 aromatic rings. The highest BCUT2D eigenvalue weighted by Gasteiger charge is 2.07. The van der Waals surface area contributed by atoms with E-state index in [9.17, 15) is 0 Å². The number of hydrogen-bond donors (Lipinski definition) is 1. The Balaban J connectivity index is 1.79. The summed E-state index contributed by atoms with van der Waals surface area (Å²) in [4.78, 5) is 7.13. The number of aryl methyl sites for hydroxylation is 1. The van der Waals surface area contributed by atoms with Crippen molar-refractivity contribution in [2.45, 2.75) is 26.2 Å². The van der Waals surface area contributed by atoms with Crippen LogP contribution in [0.3, 0.4) is 0 Å². The molecule has 17 heavy (non-hydrogen) atoms. The molecule has 0 saturated carbocycles. The number of pyridine rings is 1. The highest BCUT2D eigenvalue weighted by atomic mass is 15.1. The third-order valence-corrected chi connectivity index (χ3v) is 3.29. The van der Waals surface area contributed by atoms with E-state index in [-0.39, 0.29) is 0 Å². The second-order valence-electron chi connectivity index (χ2n) is 4.82. The summed E-state index contributed by atoms with van der Waals surface area (Å²) >= 11 is 0. The Bertz CT molecular complexity index is 330. The lowest BCUT2D eigenvalue weighted by molar-refractivity contribution is 0.255. The lowest BCUT2D eigenvalue weighted by Crippen LogP contribution is -2.35. The second-order valence-corrected chi connectivity index (χ2v) is 4.82. The fourth-order valence-electron chi connectivity index (χ4n) is 2.33. The van der Waals surface area contributed by atoms with Crippen LogP contribution in [-0.4, -0.2) is 42.6 Å². The van der Waals surface area contributed by atoms with Crippen molar-refractivity contribution < 1.29 is 0 Å². The van der Waals surface area contributed by atoms with Gasteiger partial charge in [0.05, 0.1) is 0 Å². The minimum atomic E-state index is 1.08. The molecular formula is C14H23N3. The molecule has 94 valence electrons. The molecule has 0 aromatic carbocycles. The Hall–Kier alpha value is -0.930. The van der Waals surface area contributed by atoms with Crippen LogP contribution in [0, 0.1) is 6.92 Å². The minimum Gasteiger partial charge on any atom is -0.317 e. The van der Waals surface area contributed by atoms with Gasteiger partial charge in [0.25, 0.3) is 0 Å². The van der Waals surface area contributed by atoms with E-state index >= 15 is 0 Å². The first kappa shape index (κ1) is 12.5. The van der Waals surface area contributed by atoms with Gasteiger partial charge in [-0.2, -0.15) is 0 Å². The van der Waals surface area contributed by atoms with Crippen LogP contribution in [0.15, 0.2) is 18.2 Å². The summed E-state index contributed by atoms with van der Waals surface area (Å²) < 4.78 is 0. The first-order valence-corrected chi connectivity index (χ1v) is 6.70. The summed E-state index contributed by atoms with van der Waals surface area (Å²) in [5.41, 5.74) is 2.35. The molecule has 0 radical (unpaired) electrons. The third kappa shape index (κ3) is 4.44. The van der Waals surface area contributed by atoms with E-state index in [1.807, 2.05) is 0 Å². The van der Waals surface area contributed by atoms with E-state index in [1.54, 1.807) is 0 Å². The van der Waals surface area contributed by atoms with Gasteiger partial charge in [-0.1, -0.05) is 6.07 Å². The molecule has 1 fully saturated rings. The standard InChI is InChI=1S/C14H23N3/c1-13-5-2-6-14(16-13)7-12-17-10-3-8-15-9-4-11-17/h2,5-6,15H,3-4,7-12H2,1H3. The molecule has 1 saturated heterocycles. The SMILES string of the molecule is Cc1cccc(CCN2CCCNCCC2)n1. The Morgan fingerprint density at radius 2 is 2.00 bits per heavy atom. The van der Waals surface area contributed by atoms with Crippen molar-refractivity contribution in [2.75, 3.05) is 32.7 Å². The van der Waals surface area contributed by atoms with E-state index in [0.29, 0.717) is 0 Å². The van der Waals surface area contributed by atoms with Gasteiger partial charge in [-0.3, -0.25) is 4.98 Å². The van der Waals surface area contributed by atoms with Gasteiger partial charge in [0.1, 0.15) is 0 Å². The van der Waals surface area contributed by atoms with E-state index < -0.39 is 0 Å². The maximum Gasteiger partial charge on any atom is 0.0419 e. The summed E-state index contributed by atoms with van der Waals surface area (Å²) in [6, 6.07) is 6.30. The van der Waals surface area contributed by atoms with Crippen molar-refractivity contribution in [1.82, 2.24) is 15.2 Å². The maximum absolute atomic E-state index is 4.56. The van der Waals surface area contributed by atoms with Gasteiger partial charge < -0.3 is 10.2 Å². The average molecular weight is 233 g/mol. The molecule has 0 spiro atoms. The van der Waals surface area contributed by atoms with Gasteiger partial charge in [0, 0.05) is 24.4 Å². The van der Waals surface area contributed by atoms with Crippen LogP contribution in [0.2, 0.25) is 0 Å². The first-order chi connectivity index (χ1) is 8.34. The van der Waals surface area contributed by atoms with Crippen LogP contribution in [0.25, 0.3) is 0 Å². The highest BCUT2D eigenvalue weighted by molar-refractivity contribution is 5.10. The Morgan fingerprint density at radius 1 is 1.24 bits per heavy atom. The Kier molecular flexibility index (Phi) is 4.95. The third-order valence-electron chi connectivity index (χ3n) is 3.29. The molecule has 1 N–H and O–H groups in total. The van der Waals surface area contributed by atoms with Crippen LogP contribution in [0.1, 0.15) is 24.2 Å². The number of rotatable bonds is 3. The number of nitrogens with zero attached hydrogens (tertiary/aromatic N) is 2. The van der Waals surface area contributed by atoms with Gasteiger partial charge in [-0.25, -0.2) is 0 Å². The number of hydrogen-bond acceptors (Lipinski definition) is 3. The van der Waals surface area contributed by atoms with Crippen LogP contribution < -0.4 is 5.32 Å². The second kappa shape index (κ2) is 6.72. The van der Waals surface area contributed by atoms with Crippen molar-refractivity contribution in [1.29, 1.82) is 0 Å². The highest BCUT2D eigenvalue weighted by Crippen LogP contribution is 2.03. The lowest BCUT2D eigenvalue weighted by Gasteiger charge is -2.24. The van der Waals surface area contributed by atoms with Gasteiger partial charge in [-0.05, 0) is 58.1 Å². The maximum atomic E-state index is 4.56. The lowest BCUT2D eigenvalue weighted by atomic mass is 10.2. The molecule has 3 nitrogen and oxygen atoms in total. The molecule has 0 amide bonds. The Labute approximate surface area is 104 Å². The number of nitrogens with one attached hydrogen (secondary N) is 1. The van der Waals surface area contributed by atoms with Crippen molar-refractivity contribution >= 4 is 0 Å². The molecule has 0 bridgehead atoms. The minimum absolute atomic E-state index is 1.08. The zero-order valence-corrected chi connectivity index (χ0v) is 10.8. The molecule has 1 aliphatic rings. The smallest absolute Gasteiger partial charge is 0.0419 e. The van der Waals surface area contributed by atoms with E-state index in [0.717, 1.165) is 18.7 Å². The molecule has 2 heterocycles. The van der Waals surface area contributed by atoms with Crippen LogP contribution in [0.5, 0.6) is 0 Å². The van der Waals surface area contributed by atoms with Crippen LogP contribution >= 0.6 is 0 Å². The molecule has 0 unspecified atom stereocenters. The van der Waals surface area contributed by atoms with Crippen LogP contribution in [0.4, 0.5) is 0 Å². The predicted molar refractivity (Wildman–Crippen MR) is 71.2 cm³/mol.